The fourth-order valence-corrected chi connectivity index (χ4v) is 3.49. The summed E-state index contributed by atoms with van der Waals surface area (Å²) in [5.41, 5.74) is 1.98. The van der Waals surface area contributed by atoms with Gasteiger partial charge in [-0.1, -0.05) is 12.6 Å². The molecule has 0 spiro atoms. The molecular formula is C19H19F3N4O. The second-order valence-electron chi connectivity index (χ2n) is 6.82. The Morgan fingerprint density at radius 2 is 2.00 bits per heavy atom. The van der Waals surface area contributed by atoms with E-state index in [-0.39, 0.29) is 12.5 Å². The van der Waals surface area contributed by atoms with Crippen molar-refractivity contribution in [2.45, 2.75) is 37.9 Å². The number of fused-ring (bicyclic) bond motifs is 1. The quantitative estimate of drug-likeness (QED) is 0.799. The van der Waals surface area contributed by atoms with Gasteiger partial charge in [-0.2, -0.15) is 18.3 Å². The Labute approximate surface area is 154 Å². The van der Waals surface area contributed by atoms with Gasteiger partial charge < -0.3 is 4.74 Å². The predicted molar refractivity (Wildman–Crippen MR) is 95.0 cm³/mol. The standard InChI is InChI=1S/C19H19F3N4O/c1-12-9-14(10-13-3-2-4-17(24-13)19(20,21)22)25-18-16(12)11-23-26(18)15-5-7-27-8-6-15/h2-4,11,15H,1,5-10H2. The highest BCUT2D eigenvalue weighted by molar-refractivity contribution is 6.00. The van der Waals surface area contributed by atoms with E-state index in [2.05, 4.69) is 16.7 Å². The number of alkyl halides is 3. The molecule has 0 N–H and O–H groups in total. The first kappa shape index (κ1) is 17.9. The lowest BCUT2D eigenvalue weighted by Crippen LogP contribution is -2.21. The molecule has 0 saturated carbocycles. The highest BCUT2D eigenvalue weighted by atomic mass is 19.4. The van der Waals surface area contributed by atoms with Crippen LogP contribution in [-0.4, -0.2) is 33.7 Å². The Bertz CT molecular complexity index is 895. The normalized spacial score (nSPS) is 18.3. The van der Waals surface area contributed by atoms with E-state index >= 15 is 0 Å². The lowest BCUT2D eigenvalue weighted by molar-refractivity contribution is -0.141. The minimum absolute atomic E-state index is 0.213. The molecule has 5 nitrogen and oxygen atoms in total. The molecule has 0 aliphatic carbocycles. The minimum Gasteiger partial charge on any atom is -0.381 e. The first-order valence-corrected chi connectivity index (χ1v) is 8.85. The molecule has 0 aromatic carbocycles. The third-order valence-corrected chi connectivity index (χ3v) is 4.85. The summed E-state index contributed by atoms with van der Waals surface area (Å²) in [6.45, 7) is 5.47. The molecule has 2 aromatic heterocycles. The first-order chi connectivity index (χ1) is 12.9. The van der Waals surface area contributed by atoms with Crippen LogP contribution in [0.4, 0.5) is 19.0 Å². The number of aliphatic imine (C=N–C) groups is 1. The van der Waals surface area contributed by atoms with Crippen LogP contribution in [-0.2, 0) is 17.3 Å². The lowest BCUT2D eigenvalue weighted by atomic mass is 9.98. The van der Waals surface area contributed by atoms with Gasteiger partial charge >= 0.3 is 6.18 Å². The Balaban J connectivity index is 1.62. The van der Waals surface area contributed by atoms with Crippen molar-refractivity contribution in [2.24, 2.45) is 4.99 Å². The van der Waals surface area contributed by atoms with Gasteiger partial charge in [0.2, 0.25) is 0 Å². The van der Waals surface area contributed by atoms with Crippen molar-refractivity contribution >= 4 is 17.1 Å². The van der Waals surface area contributed by atoms with Gasteiger partial charge in [0.05, 0.1) is 12.2 Å². The van der Waals surface area contributed by atoms with Crippen LogP contribution in [0, 0.1) is 0 Å². The maximum Gasteiger partial charge on any atom is 0.433 e. The molecule has 27 heavy (non-hydrogen) atoms. The maximum atomic E-state index is 12.9. The molecular weight excluding hydrogens is 357 g/mol. The van der Waals surface area contributed by atoms with Gasteiger partial charge in [-0.25, -0.2) is 14.7 Å². The largest absolute Gasteiger partial charge is 0.433 e. The number of nitrogens with zero attached hydrogens (tertiary/aromatic N) is 4. The fourth-order valence-electron chi connectivity index (χ4n) is 3.49. The molecule has 8 heteroatoms. The summed E-state index contributed by atoms with van der Waals surface area (Å²) in [5, 5.41) is 4.49. The van der Waals surface area contributed by atoms with E-state index in [9.17, 15) is 13.2 Å². The van der Waals surface area contributed by atoms with Crippen LogP contribution in [0.3, 0.4) is 0 Å². The van der Waals surface area contributed by atoms with Crippen molar-refractivity contribution in [1.82, 2.24) is 14.8 Å². The maximum absolute atomic E-state index is 12.9. The SMILES string of the molecule is C=C1CC(Cc2cccc(C(F)(F)F)n2)=Nc2c1cnn2C1CCOCC1. The Kier molecular flexibility index (Phi) is 4.59. The van der Waals surface area contributed by atoms with Crippen LogP contribution in [0.15, 0.2) is 36.0 Å². The van der Waals surface area contributed by atoms with Crippen molar-refractivity contribution in [3.05, 3.63) is 47.9 Å². The van der Waals surface area contributed by atoms with Gasteiger partial charge in [0, 0.05) is 43.0 Å². The molecule has 0 bridgehead atoms. The van der Waals surface area contributed by atoms with Crippen LogP contribution >= 0.6 is 0 Å². The molecule has 4 heterocycles. The molecule has 4 rings (SSSR count). The minimum atomic E-state index is -4.46. The Hall–Kier alpha value is -2.48. The number of hydrogen-bond acceptors (Lipinski definition) is 4. The monoisotopic (exact) mass is 376 g/mol. The van der Waals surface area contributed by atoms with E-state index in [0.717, 1.165) is 41.6 Å². The van der Waals surface area contributed by atoms with Crippen molar-refractivity contribution < 1.29 is 17.9 Å². The van der Waals surface area contributed by atoms with Gasteiger partial charge in [-0.3, -0.25) is 0 Å². The predicted octanol–water partition coefficient (Wildman–Crippen LogP) is 4.38. The van der Waals surface area contributed by atoms with Crippen LogP contribution in [0.5, 0.6) is 0 Å². The summed E-state index contributed by atoms with van der Waals surface area (Å²) >= 11 is 0. The van der Waals surface area contributed by atoms with Crippen LogP contribution in [0.1, 0.15) is 42.3 Å². The number of hydrogen-bond donors (Lipinski definition) is 0. The number of ether oxygens (including phenoxy) is 1. The zero-order valence-corrected chi connectivity index (χ0v) is 14.7. The van der Waals surface area contributed by atoms with Crippen molar-refractivity contribution in [1.29, 1.82) is 0 Å². The molecule has 0 amide bonds. The summed E-state index contributed by atoms with van der Waals surface area (Å²) in [4.78, 5) is 8.46. The smallest absolute Gasteiger partial charge is 0.381 e. The number of rotatable bonds is 3. The van der Waals surface area contributed by atoms with Crippen LogP contribution in [0.2, 0.25) is 0 Å². The fraction of sp³-hybridized carbons (Fsp3) is 0.421. The van der Waals surface area contributed by atoms with Crippen molar-refractivity contribution in [3.63, 3.8) is 0 Å². The Morgan fingerprint density at radius 1 is 1.22 bits per heavy atom. The van der Waals surface area contributed by atoms with Gasteiger partial charge in [0.1, 0.15) is 5.69 Å². The van der Waals surface area contributed by atoms with Crippen molar-refractivity contribution in [2.75, 3.05) is 13.2 Å². The van der Waals surface area contributed by atoms with Gasteiger partial charge in [-0.05, 0) is 30.5 Å². The highest BCUT2D eigenvalue weighted by Crippen LogP contribution is 2.37. The second-order valence-corrected chi connectivity index (χ2v) is 6.82. The number of pyridine rings is 1. The summed E-state index contributed by atoms with van der Waals surface area (Å²) in [6, 6.07) is 4.15. The van der Waals surface area contributed by atoms with E-state index in [1.807, 2.05) is 4.68 Å². The van der Waals surface area contributed by atoms with E-state index in [4.69, 9.17) is 9.73 Å². The van der Waals surface area contributed by atoms with Gasteiger partial charge in [-0.15, -0.1) is 0 Å². The van der Waals surface area contributed by atoms with E-state index in [1.54, 1.807) is 12.3 Å². The molecule has 0 unspecified atom stereocenters. The van der Waals surface area contributed by atoms with Crippen molar-refractivity contribution in [3.8, 4) is 0 Å². The average molecular weight is 376 g/mol. The van der Waals surface area contributed by atoms with Crippen LogP contribution in [0.25, 0.3) is 5.57 Å². The van der Waals surface area contributed by atoms with Crippen LogP contribution < -0.4 is 0 Å². The van der Waals surface area contributed by atoms with E-state index < -0.39 is 11.9 Å². The third kappa shape index (κ3) is 3.66. The molecule has 2 aliphatic rings. The summed E-state index contributed by atoms with van der Waals surface area (Å²) in [5.74, 6) is 0.736. The zero-order valence-electron chi connectivity index (χ0n) is 14.7. The molecule has 1 saturated heterocycles. The second kappa shape index (κ2) is 6.92. The molecule has 2 aliphatic heterocycles. The van der Waals surface area contributed by atoms with Gasteiger partial charge in [0.15, 0.2) is 5.82 Å². The number of allylic oxidation sites excluding steroid dienone is 1. The molecule has 0 atom stereocenters. The third-order valence-electron chi connectivity index (χ3n) is 4.85. The van der Waals surface area contributed by atoms with E-state index in [1.165, 1.54) is 6.07 Å². The van der Waals surface area contributed by atoms with Gasteiger partial charge in [0.25, 0.3) is 0 Å². The summed E-state index contributed by atoms with van der Waals surface area (Å²) in [7, 11) is 0. The Morgan fingerprint density at radius 3 is 2.74 bits per heavy atom. The molecule has 2 aromatic rings. The molecule has 1 fully saturated rings. The lowest BCUT2D eigenvalue weighted by Gasteiger charge is -2.24. The topological polar surface area (TPSA) is 52.3 Å². The zero-order chi connectivity index (χ0) is 19.0. The van der Waals surface area contributed by atoms with E-state index in [0.29, 0.717) is 25.3 Å². The molecule has 0 radical (unpaired) electrons. The first-order valence-electron chi connectivity index (χ1n) is 8.85. The number of aromatic nitrogens is 3. The highest BCUT2D eigenvalue weighted by Gasteiger charge is 2.32. The molecule has 142 valence electrons. The average Bonchev–Trinajstić information content (AvgIpc) is 3.06. The summed E-state index contributed by atoms with van der Waals surface area (Å²) < 4.78 is 46.0. The summed E-state index contributed by atoms with van der Waals surface area (Å²) in [6.07, 6.45) is -0.203. The number of halogens is 3.